The molecule has 170 valence electrons. The highest BCUT2D eigenvalue weighted by Gasteiger charge is 2.21. The van der Waals surface area contributed by atoms with Crippen LogP contribution in [0.2, 0.25) is 0 Å². The van der Waals surface area contributed by atoms with Crippen molar-refractivity contribution < 1.29 is 22.7 Å². The van der Waals surface area contributed by atoms with Crippen LogP contribution in [0.1, 0.15) is 42.4 Å². The Morgan fingerprint density at radius 1 is 1.00 bits per heavy atom. The van der Waals surface area contributed by atoms with Crippen molar-refractivity contribution in [1.29, 1.82) is 0 Å². The Morgan fingerprint density at radius 2 is 1.66 bits per heavy atom. The quantitative estimate of drug-likeness (QED) is 0.468. The van der Waals surface area contributed by atoms with Gasteiger partial charge in [-0.1, -0.05) is 0 Å². The molecule has 2 aromatic carbocycles. The summed E-state index contributed by atoms with van der Waals surface area (Å²) in [7, 11) is -3.62. The van der Waals surface area contributed by atoms with Crippen LogP contribution in [0.25, 0.3) is 10.9 Å². The second kappa shape index (κ2) is 9.13. The molecule has 0 fully saturated rings. The maximum atomic E-state index is 12.5. The minimum Gasteiger partial charge on any atom is -0.449 e. The summed E-state index contributed by atoms with van der Waals surface area (Å²) in [5.41, 5.74) is 3.75. The Bertz CT molecular complexity index is 1260. The van der Waals surface area contributed by atoms with Gasteiger partial charge in [0.1, 0.15) is 0 Å². The van der Waals surface area contributed by atoms with Gasteiger partial charge in [-0.3, -0.25) is 4.79 Å². The molecule has 8 nitrogen and oxygen atoms in total. The Morgan fingerprint density at radius 3 is 2.28 bits per heavy atom. The van der Waals surface area contributed by atoms with E-state index in [9.17, 15) is 18.0 Å². The van der Waals surface area contributed by atoms with Crippen molar-refractivity contribution in [1.82, 2.24) is 9.71 Å². The molecule has 1 heterocycles. The van der Waals surface area contributed by atoms with E-state index in [0.29, 0.717) is 11.3 Å². The zero-order valence-corrected chi connectivity index (χ0v) is 19.5. The molecule has 0 bridgehead atoms. The van der Waals surface area contributed by atoms with Gasteiger partial charge in [-0.25, -0.2) is 17.9 Å². The molecule has 0 aliphatic rings. The molecule has 0 aliphatic heterocycles. The average Bonchev–Trinajstić information content (AvgIpc) is 3.00. The molecule has 0 saturated heterocycles. The number of esters is 1. The normalized spacial score (nSPS) is 12.7. The van der Waals surface area contributed by atoms with Crippen molar-refractivity contribution in [3.8, 4) is 0 Å². The molecule has 3 aromatic rings. The number of anilines is 1. The highest BCUT2D eigenvalue weighted by atomic mass is 32.2. The summed E-state index contributed by atoms with van der Waals surface area (Å²) in [6.07, 6.45) is -1.04. The van der Waals surface area contributed by atoms with E-state index in [1.807, 2.05) is 13.8 Å². The number of amides is 1. The summed E-state index contributed by atoms with van der Waals surface area (Å²) in [5, 5.41) is 3.55. The summed E-state index contributed by atoms with van der Waals surface area (Å²) in [5.74, 6) is -1.13. The number of hydrogen-bond acceptors (Lipinski definition) is 5. The van der Waals surface area contributed by atoms with E-state index in [4.69, 9.17) is 4.74 Å². The molecule has 0 spiro atoms. The van der Waals surface area contributed by atoms with E-state index >= 15 is 0 Å². The number of nitrogens with one attached hydrogen (secondary N) is 3. The minimum atomic E-state index is -3.62. The molecular weight excluding hydrogens is 430 g/mol. The lowest BCUT2D eigenvalue weighted by molar-refractivity contribution is -0.123. The van der Waals surface area contributed by atoms with Gasteiger partial charge in [0.15, 0.2) is 6.10 Å². The summed E-state index contributed by atoms with van der Waals surface area (Å²) < 4.78 is 32.2. The van der Waals surface area contributed by atoms with Crippen LogP contribution >= 0.6 is 0 Å². The van der Waals surface area contributed by atoms with Gasteiger partial charge in [-0.2, -0.15) is 0 Å². The van der Waals surface area contributed by atoms with Gasteiger partial charge in [0.2, 0.25) is 10.0 Å². The molecule has 1 unspecified atom stereocenters. The molecule has 1 atom stereocenters. The van der Waals surface area contributed by atoms with Crippen molar-refractivity contribution >= 4 is 38.5 Å². The van der Waals surface area contributed by atoms with E-state index < -0.39 is 28.0 Å². The summed E-state index contributed by atoms with van der Waals surface area (Å²) >= 11 is 0. The number of aromatic amines is 1. The van der Waals surface area contributed by atoms with Gasteiger partial charge >= 0.3 is 5.97 Å². The van der Waals surface area contributed by atoms with Crippen LogP contribution in [0.15, 0.2) is 47.4 Å². The van der Waals surface area contributed by atoms with Crippen molar-refractivity contribution in [3.63, 3.8) is 0 Å². The summed E-state index contributed by atoms with van der Waals surface area (Å²) in [6, 6.07) is 10.7. The van der Waals surface area contributed by atoms with Crippen molar-refractivity contribution in [2.24, 2.45) is 0 Å². The van der Waals surface area contributed by atoms with Gasteiger partial charge in [-0.05, 0) is 82.6 Å². The molecule has 0 radical (unpaired) electrons. The molecular formula is C23H27N3O5S. The fourth-order valence-electron chi connectivity index (χ4n) is 3.21. The first kappa shape index (κ1) is 23.5. The SMILES string of the molecule is Cc1[nH]c2ccc(C(=O)OC(C)C(=O)Nc3ccc(S(=O)(=O)NC(C)C)cc3)cc2c1C. The third kappa shape index (κ3) is 5.17. The lowest BCUT2D eigenvalue weighted by atomic mass is 10.1. The number of carbonyl (C=O) groups is 2. The minimum absolute atomic E-state index is 0.0920. The summed E-state index contributed by atoms with van der Waals surface area (Å²) in [6.45, 7) is 8.86. The standard InChI is InChI=1S/C23H27N3O5S/c1-13(2)26-32(29,30)19-9-7-18(8-10-19)25-22(27)16(5)31-23(28)17-6-11-21-20(12-17)14(3)15(4)24-21/h6-13,16,24,26H,1-5H3,(H,25,27). The van der Waals surface area contributed by atoms with Crippen molar-refractivity contribution in [2.45, 2.75) is 51.7 Å². The Balaban J connectivity index is 1.64. The number of hydrogen-bond donors (Lipinski definition) is 3. The molecule has 9 heteroatoms. The van der Waals surface area contributed by atoms with Gasteiger partial charge < -0.3 is 15.0 Å². The second-order valence-corrected chi connectivity index (χ2v) is 9.69. The molecule has 3 N–H and O–H groups in total. The lowest BCUT2D eigenvalue weighted by Crippen LogP contribution is -2.30. The predicted molar refractivity (Wildman–Crippen MR) is 123 cm³/mol. The Kier molecular flexibility index (Phi) is 6.71. The molecule has 32 heavy (non-hydrogen) atoms. The number of H-pyrrole nitrogens is 1. The largest absolute Gasteiger partial charge is 0.449 e. The van der Waals surface area contributed by atoms with Crippen LogP contribution in [-0.4, -0.2) is 37.4 Å². The van der Waals surface area contributed by atoms with E-state index in [-0.39, 0.29) is 10.9 Å². The fourth-order valence-corrected chi connectivity index (χ4v) is 4.46. The zero-order valence-electron chi connectivity index (χ0n) is 18.6. The molecule has 0 aliphatic carbocycles. The topological polar surface area (TPSA) is 117 Å². The monoisotopic (exact) mass is 457 g/mol. The van der Waals surface area contributed by atoms with E-state index in [2.05, 4.69) is 15.0 Å². The van der Waals surface area contributed by atoms with Gasteiger partial charge in [0, 0.05) is 28.3 Å². The van der Waals surface area contributed by atoms with Crippen LogP contribution in [0.5, 0.6) is 0 Å². The Hall–Kier alpha value is -3.17. The highest BCUT2D eigenvalue weighted by Crippen LogP contribution is 2.23. The van der Waals surface area contributed by atoms with Crippen LogP contribution in [0, 0.1) is 13.8 Å². The fraction of sp³-hybridized carbons (Fsp3) is 0.304. The van der Waals surface area contributed by atoms with Crippen LogP contribution in [-0.2, 0) is 19.6 Å². The van der Waals surface area contributed by atoms with E-state index in [1.165, 1.54) is 31.2 Å². The van der Waals surface area contributed by atoms with Crippen LogP contribution < -0.4 is 10.0 Å². The molecule has 3 rings (SSSR count). The van der Waals surface area contributed by atoms with Crippen LogP contribution in [0.3, 0.4) is 0 Å². The molecule has 0 saturated carbocycles. The maximum absolute atomic E-state index is 12.5. The van der Waals surface area contributed by atoms with Gasteiger partial charge in [0.05, 0.1) is 10.5 Å². The first-order valence-corrected chi connectivity index (χ1v) is 11.7. The predicted octanol–water partition coefficient (Wildman–Crippen LogP) is 3.66. The van der Waals surface area contributed by atoms with Crippen molar-refractivity contribution in [2.75, 3.05) is 5.32 Å². The number of aromatic nitrogens is 1. The van der Waals surface area contributed by atoms with Crippen molar-refractivity contribution in [3.05, 3.63) is 59.3 Å². The number of fused-ring (bicyclic) bond motifs is 1. The van der Waals surface area contributed by atoms with Gasteiger partial charge in [-0.15, -0.1) is 0 Å². The number of aryl methyl sites for hydroxylation is 2. The smallest absolute Gasteiger partial charge is 0.338 e. The number of carbonyl (C=O) groups excluding carboxylic acids is 2. The lowest BCUT2D eigenvalue weighted by Gasteiger charge is -2.14. The average molecular weight is 458 g/mol. The first-order valence-electron chi connectivity index (χ1n) is 10.2. The third-order valence-electron chi connectivity index (χ3n) is 5.02. The number of ether oxygens (including phenoxy) is 1. The number of benzene rings is 2. The van der Waals surface area contributed by atoms with E-state index in [1.54, 1.807) is 32.0 Å². The first-order chi connectivity index (χ1) is 15.0. The number of rotatable bonds is 7. The highest BCUT2D eigenvalue weighted by molar-refractivity contribution is 7.89. The number of sulfonamides is 1. The second-order valence-electron chi connectivity index (χ2n) is 7.97. The third-order valence-corrected chi connectivity index (χ3v) is 6.69. The maximum Gasteiger partial charge on any atom is 0.338 e. The zero-order chi connectivity index (χ0) is 23.6. The molecule has 1 aromatic heterocycles. The summed E-state index contributed by atoms with van der Waals surface area (Å²) in [4.78, 5) is 28.3. The molecule has 1 amide bonds. The Labute approximate surface area is 187 Å². The van der Waals surface area contributed by atoms with E-state index in [0.717, 1.165) is 22.2 Å². The van der Waals surface area contributed by atoms with Crippen LogP contribution in [0.4, 0.5) is 5.69 Å². The van der Waals surface area contributed by atoms with Gasteiger partial charge in [0.25, 0.3) is 5.91 Å².